The summed E-state index contributed by atoms with van der Waals surface area (Å²) in [4.78, 5) is 29.2. The fourth-order valence-electron chi connectivity index (χ4n) is 4.42. The average molecular weight is 558 g/mol. The SMILES string of the molecule is CCOC(=O)C1=C(N)N(c2ccccc2)c2sc3cc(Cl)ccc3c(=O)c2C1c1cc(Cl)ccc1Cl. The summed E-state index contributed by atoms with van der Waals surface area (Å²) in [6.07, 6.45) is 0. The lowest BCUT2D eigenvalue weighted by molar-refractivity contribution is -0.138. The Morgan fingerprint density at radius 3 is 2.44 bits per heavy atom. The van der Waals surface area contributed by atoms with Gasteiger partial charge in [0, 0.05) is 36.4 Å². The minimum absolute atomic E-state index is 0.120. The van der Waals surface area contributed by atoms with Crippen LogP contribution in [-0.2, 0) is 9.53 Å². The number of hydrogen-bond acceptors (Lipinski definition) is 6. The first-order chi connectivity index (χ1) is 17.3. The number of hydrogen-bond donors (Lipinski definition) is 1. The van der Waals surface area contributed by atoms with Gasteiger partial charge in [-0.25, -0.2) is 4.79 Å². The quantitative estimate of drug-likeness (QED) is 0.268. The van der Waals surface area contributed by atoms with Gasteiger partial charge in [-0.15, -0.1) is 11.3 Å². The molecule has 0 amide bonds. The van der Waals surface area contributed by atoms with Crippen molar-refractivity contribution < 1.29 is 9.53 Å². The fraction of sp³-hybridized carbons (Fsp3) is 0.111. The van der Waals surface area contributed by atoms with Crippen molar-refractivity contribution >= 4 is 72.9 Å². The molecule has 0 aliphatic carbocycles. The Kier molecular flexibility index (Phi) is 6.70. The third-order valence-corrected chi connectivity index (χ3v) is 7.91. The lowest BCUT2D eigenvalue weighted by Gasteiger charge is -2.36. The summed E-state index contributed by atoms with van der Waals surface area (Å²) < 4.78 is 6.11. The summed E-state index contributed by atoms with van der Waals surface area (Å²) in [6, 6.07) is 19.3. The number of esters is 1. The molecule has 1 unspecified atom stereocenters. The van der Waals surface area contributed by atoms with Crippen molar-refractivity contribution in [1.29, 1.82) is 0 Å². The van der Waals surface area contributed by atoms with E-state index in [1.807, 2.05) is 30.3 Å². The molecule has 182 valence electrons. The van der Waals surface area contributed by atoms with E-state index in [9.17, 15) is 9.59 Å². The maximum Gasteiger partial charge on any atom is 0.338 e. The van der Waals surface area contributed by atoms with Gasteiger partial charge in [0.05, 0.1) is 18.1 Å². The molecule has 5 nitrogen and oxygen atoms in total. The summed E-state index contributed by atoms with van der Waals surface area (Å²) >= 11 is 20.6. The molecule has 0 saturated carbocycles. The van der Waals surface area contributed by atoms with E-state index in [-0.39, 0.29) is 23.4 Å². The topological polar surface area (TPSA) is 72.6 Å². The molecule has 0 spiro atoms. The summed E-state index contributed by atoms with van der Waals surface area (Å²) in [6.45, 7) is 1.84. The van der Waals surface area contributed by atoms with E-state index in [0.29, 0.717) is 47.0 Å². The largest absolute Gasteiger partial charge is 0.463 e. The summed E-state index contributed by atoms with van der Waals surface area (Å²) in [5, 5.41) is 2.30. The molecule has 2 N–H and O–H groups in total. The van der Waals surface area contributed by atoms with Crippen LogP contribution in [0.25, 0.3) is 10.1 Å². The molecule has 4 aromatic rings. The van der Waals surface area contributed by atoms with Crippen LogP contribution in [0.15, 0.2) is 82.9 Å². The summed E-state index contributed by atoms with van der Waals surface area (Å²) in [5.74, 6) is -1.39. The zero-order valence-electron chi connectivity index (χ0n) is 18.9. The molecule has 1 aromatic heterocycles. The van der Waals surface area contributed by atoms with Gasteiger partial charge >= 0.3 is 5.97 Å². The highest BCUT2D eigenvalue weighted by Gasteiger charge is 2.41. The third-order valence-electron chi connectivity index (χ3n) is 5.95. The standard InChI is InChI=1S/C27H19Cl3N2O3S/c1-2-35-27(34)23-21(18-12-14(28)9-11-19(18)30)22-24(33)17-10-8-15(29)13-20(17)36-26(22)32(25(23)31)16-6-4-3-5-7-16/h3-13,21H,2,31H2,1H3. The summed E-state index contributed by atoms with van der Waals surface area (Å²) in [5.41, 5.74) is 8.15. The van der Waals surface area contributed by atoms with Gasteiger partial charge in [-0.1, -0.05) is 53.0 Å². The average Bonchev–Trinajstić information content (AvgIpc) is 2.85. The van der Waals surface area contributed by atoms with Crippen LogP contribution in [-0.4, -0.2) is 12.6 Å². The molecule has 0 fully saturated rings. The molecular formula is C27H19Cl3N2O3S. The molecule has 36 heavy (non-hydrogen) atoms. The van der Waals surface area contributed by atoms with Gasteiger partial charge in [0.25, 0.3) is 0 Å². The molecule has 0 radical (unpaired) electrons. The van der Waals surface area contributed by atoms with Crippen LogP contribution in [0.2, 0.25) is 15.1 Å². The number of fused-ring (bicyclic) bond motifs is 2. The van der Waals surface area contributed by atoms with Crippen LogP contribution in [0.5, 0.6) is 0 Å². The number of halogens is 3. The number of benzene rings is 3. The molecule has 2 heterocycles. The molecule has 1 aliphatic heterocycles. The minimum Gasteiger partial charge on any atom is -0.463 e. The Hall–Kier alpha value is -3.03. The van der Waals surface area contributed by atoms with Crippen molar-refractivity contribution in [2.24, 2.45) is 5.73 Å². The lowest BCUT2D eigenvalue weighted by atomic mass is 9.82. The van der Waals surface area contributed by atoms with Crippen LogP contribution in [0.4, 0.5) is 10.7 Å². The van der Waals surface area contributed by atoms with E-state index in [2.05, 4.69) is 0 Å². The van der Waals surface area contributed by atoms with Crippen molar-refractivity contribution in [2.45, 2.75) is 12.8 Å². The number of carbonyl (C=O) groups is 1. The Morgan fingerprint density at radius 1 is 1.03 bits per heavy atom. The van der Waals surface area contributed by atoms with E-state index in [1.54, 1.807) is 48.2 Å². The van der Waals surface area contributed by atoms with E-state index in [0.717, 1.165) is 0 Å². The number of rotatable bonds is 4. The molecule has 0 bridgehead atoms. The van der Waals surface area contributed by atoms with Gasteiger partial charge in [-0.2, -0.15) is 0 Å². The first-order valence-corrected chi connectivity index (χ1v) is 13.0. The second kappa shape index (κ2) is 9.79. The Balaban J connectivity index is 1.94. The summed E-state index contributed by atoms with van der Waals surface area (Å²) in [7, 11) is 0. The van der Waals surface area contributed by atoms with Crippen molar-refractivity contribution in [2.75, 3.05) is 11.5 Å². The van der Waals surface area contributed by atoms with Crippen molar-refractivity contribution in [3.05, 3.63) is 115 Å². The minimum atomic E-state index is -0.894. The van der Waals surface area contributed by atoms with Gasteiger partial charge < -0.3 is 10.5 Å². The van der Waals surface area contributed by atoms with E-state index < -0.39 is 11.9 Å². The lowest BCUT2D eigenvalue weighted by Crippen LogP contribution is -2.37. The fourth-order valence-corrected chi connectivity index (χ4v) is 6.35. The monoisotopic (exact) mass is 556 g/mol. The molecule has 5 rings (SSSR count). The second-order valence-corrected chi connectivity index (χ2v) is 10.4. The van der Waals surface area contributed by atoms with Gasteiger partial charge in [-0.3, -0.25) is 9.69 Å². The molecule has 1 aliphatic rings. The maximum absolute atomic E-state index is 14.1. The second-order valence-electron chi connectivity index (χ2n) is 8.08. The molecule has 0 saturated heterocycles. The normalized spacial score (nSPS) is 15.2. The molecule has 9 heteroatoms. The highest BCUT2D eigenvalue weighted by molar-refractivity contribution is 7.22. The van der Waals surface area contributed by atoms with Crippen LogP contribution in [0.3, 0.4) is 0 Å². The number of carbonyl (C=O) groups excluding carboxylic acids is 1. The first kappa shape index (κ1) is 24.7. The van der Waals surface area contributed by atoms with Gasteiger partial charge in [0.15, 0.2) is 5.43 Å². The molecule has 1 atom stereocenters. The predicted octanol–water partition coefficient (Wildman–Crippen LogP) is 7.24. The Morgan fingerprint density at radius 2 is 1.72 bits per heavy atom. The number of para-hydroxylation sites is 1. The van der Waals surface area contributed by atoms with Crippen molar-refractivity contribution in [3.63, 3.8) is 0 Å². The van der Waals surface area contributed by atoms with Crippen LogP contribution < -0.4 is 16.1 Å². The highest BCUT2D eigenvalue weighted by atomic mass is 35.5. The first-order valence-electron chi connectivity index (χ1n) is 11.0. The van der Waals surface area contributed by atoms with Gasteiger partial charge in [-0.05, 0) is 61.0 Å². The van der Waals surface area contributed by atoms with E-state index in [1.165, 1.54) is 11.3 Å². The zero-order valence-corrected chi connectivity index (χ0v) is 22.0. The smallest absolute Gasteiger partial charge is 0.338 e. The molecule has 3 aromatic carbocycles. The number of nitrogens with two attached hydrogens (primary N) is 1. The van der Waals surface area contributed by atoms with Crippen LogP contribution in [0, 0.1) is 0 Å². The molecular weight excluding hydrogens is 539 g/mol. The number of anilines is 2. The van der Waals surface area contributed by atoms with E-state index in [4.69, 9.17) is 45.3 Å². The van der Waals surface area contributed by atoms with Crippen molar-refractivity contribution in [3.8, 4) is 0 Å². The van der Waals surface area contributed by atoms with E-state index >= 15 is 0 Å². The number of ether oxygens (including phenoxy) is 1. The highest BCUT2D eigenvalue weighted by Crippen LogP contribution is 2.50. The van der Waals surface area contributed by atoms with Gasteiger partial charge in [0.2, 0.25) is 0 Å². The maximum atomic E-state index is 14.1. The van der Waals surface area contributed by atoms with Crippen LogP contribution in [0.1, 0.15) is 24.0 Å². The van der Waals surface area contributed by atoms with Gasteiger partial charge in [0.1, 0.15) is 10.8 Å². The Bertz CT molecular complexity index is 1600. The predicted molar refractivity (Wildman–Crippen MR) is 148 cm³/mol. The van der Waals surface area contributed by atoms with Crippen molar-refractivity contribution in [1.82, 2.24) is 0 Å². The third kappa shape index (κ3) is 4.14. The van der Waals surface area contributed by atoms with Crippen LogP contribution >= 0.6 is 46.1 Å². The zero-order chi connectivity index (χ0) is 25.6. The number of nitrogens with zero attached hydrogens (tertiary/aromatic N) is 1. The Labute approximate surface area is 226 Å².